The van der Waals surface area contributed by atoms with Gasteiger partial charge in [-0.05, 0) is 31.1 Å². The van der Waals surface area contributed by atoms with Crippen LogP contribution >= 0.6 is 0 Å². The van der Waals surface area contributed by atoms with E-state index in [-0.39, 0.29) is 54.6 Å². The van der Waals surface area contributed by atoms with Crippen molar-refractivity contribution >= 4 is 67.9 Å². The van der Waals surface area contributed by atoms with Crippen molar-refractivity contribution in [2.24, 2.45) is 11.8 Å². The average molecular weight is 541 g/mol. The maximum absolute atomic E-state index is 12.2. The van der Waals surface area contributed by atoms with E-state index in [1.54, 1.807) is 4.44 Å². The Balaban J connectivity index is 0. The van der Waals surface area contributed by atoms with Crippen LogP contribution in [0.1, 0.15) is 91.9 Å². The Labute approximate surface area is 243 Å². The van der Waals surface area contributed by atoms with Gasteiger partial charge in [-0.3, -0.25) is 14.1 Å². The van der Waals surface area contributed by atoms with Gasteiger partial charge in [0.1, 0.15) is 0 Å². The fourth-order valence-electron chi connectivity index (χ4n) is 3.37. The molecule has 35 heavy (non-hydrogen) atoms. The molecule has 0 bridgehead atoms. The van der Waals surface area contributed by atoms with E-state index in [0.717, 1.165) is 51.4 Å². The van der Waals surface area contributed by atoms with Gasteiger partial charge in [0.15, 0.2) is 5.25 Å². The zero-order valence-electron chi connectivity index (χ0n) is 21.8. The standard InChI is InChI=1S/C20H38O7S.C5H5.Al.Na.3H/c1-5-9-11-16(7-3)14-26-19(21)13-18(28(23,24)25)20(22)27-15-17(8-4)12-10-6-2;1-2-4-5-3-1;;;;;/h16-18H,5-15H2,1-4H3,(H,23,24,25);1-3H,4H2;;;;;. The van der Waals surface area contributed by atoms with E-state index < -0.39 is 33.7 Å². The summed E-state index contributed by atoms with van der Waals surface area (Å²) in [5, 5.41) is -1.95. The molecule has 1 aliphatic rings. The SMILES string of the molecule is CCCCC(CC)COC(=O)CC(C(=O)OCC(CC)CCCC)S(=O)(=O)O.[AlH2][C]1=CC=CC1.[NaH]. The Morgan fingerprint density at radius 3 is 1.86 bits per heavy atom. The van der Waals surface area contributed by atoms with E-state index in [1.807, 2.05) is 13.8 Å². The normalized spacial score (nSPS) is 15.1. The van der Waals surface area contributed by atoms with Crippen molar-refractivity contribution in [1.82, 2.24) is 0 Å². The molecule has 0 saturated heterocycles. The molecule has 0 saturated carbocycles. The van der Waals surface area contributed by atoms with Crippen molar-refractivity contribution in [2.45, 2.75) is 97.2 Å². The Morgan fingerprint density at radius 1 is 1.00 bits per heavy atom. The summed E-state index contributed by atoms with van der Waals surface area (Å²) in [4.78, 5) is 24.2. The van der Waals surface area contributed by atoms with Crippen molar-refractivity contribution in [1.29, 1.82) is 0 Å². The van der Waals surface area contributed by atoms with Crippen LogP contribution in [0.2, 0.25) is 0 Å². The number of hydrogen-bond donors (Lipinski definition) is 1. The first-order chi connectivity index (χ1) is 16.1. The Kier molecular flexibility index (Phi) is 23.2. The molecule has 0 aromatic carbocycles. The second-order valence-corrected chi connectivity index (χ2v) is 11.9. The third-order valence-corrected chi connectivity index (χ3v) is 7.78. The monoisotopic (exact) mass is 540 g/mol. The Bertz CT molecular complexity index is 753. The van der Waals surface area contributed by atoms with Crippen molar-refractivity contribution in [3.05, 3.63) is 22.7 Å². The zero-order chi connectivity index (χ0) is 26.0. The van der Waals surface area contributed by atoms with Crippen LogP contribution in [-0.2, 0) is 29.2 Å². The fourth-order valence-corrected chi connectivity index (χ4v) is 4.46. The second kappa shape index (κ2) is 21.9. The third kappa shape index (κ3) is 18.7. The molecule has 10 heteroatoms. The van der Waals surface area contributed by atoms with E-state index in [9.17, 15) is 22.6 Å². The van der Waals surface area contributed by atoms with Gasteiger partial charge in [-0.2, -0.15) is 8.42 Å². The summed E-state index contributed by atoms with van der Waals surface area (Å²) in [7, 11) is -4.76. The summed E-state index contributed by atoms with van der Waals surface area (Å²) >= 11 is 1.25. The molecule has 0 radical (unpaired) electrons. The van der Waals surface area contributed by atoms with Gasteiger partial charge >= 0.3 is 41.5 Å². The summed E-state index contributed by atoms with van der Waals surface area (Å²) in [6, 6.07) is 0. The maximum atomic E-state index is 12.2. The predicted molar refractivity (Wildman–Crippen MR) is 146 cm³/mol. The first kappa shape index (κ1) is 37.0. The molecular formula is C25H46AlNaO7S. The first-order valence-electron chi connectivity index (χ1n) is 12.7. The van der Waals surface area contributed by atoms with Crippen LogP contribution in [0.4, 0.5) is 0 Å². The molecule has 0 aliphatic heterocycles. The minimum absolute atomic E-state index is 0. The quantitative estimate of drug-likeness (QED) is 0.179. The molecule has 3 unspecified atom stereocenters. The van der Waals surface area contributed by atoms with Crippen molar-refractivity contribution < 1.29 is 32.0 Å². The van der Waals surface area contributed by atoms with Crippen molar-refractivity contribution in [3.8, 4) is 0 Å². The molecule has 1 rings (SSSR count). The van der Waals surface area contributed by atoms with Crippen LogP contribution in [0.5, 0.6) is 0 Å². The summed E-state index contributed by atoms with van der Waals surface area (Å²) < 4.78 is 44.4. The summed E-state index contributed by atoms with van der Waals surface area (Å²) in [5.41, 5.74) is 0. The zero-order valence-corrected chi connectivity index (χ0v) is 24.6. The van der Waals surface area contributed by atoms with Crippen molar-refractivity contribution in [3.63, 3.8) is 0 Å². The Morgan fingerprint density at radius 2 is 1.51 bits per heavy atom. The second-order valence-electron chi connectivity index (χ2n) is 9.00. The molecule has 0 aromatic rings. The van der Waals surface area contributed by atoms with E-state index >= 15 is 0 Å². The molecular weight excluding hydrogens is 494 g/mol. The van der Waals surface area contributed by atoms with Crippen LogP contribution < -0.4 is 0 Å². The molecule has 0 spiro atoms. The topological polar surface area (TPSA) is 107 Å². The molecule has 7 nitrogen and oxygen atoms in total. The predicted octanol–water partition coefficient (Wildman–Crippen LogP) is 3.97. The first-order valence-corrected chi connectivity index (χ1v) is 15.2. The van der Waals surface area contributed by atoms with Gasteiger partial charge in [0.25, 0.3) is 26.4 Å². The van der Waals surface area contributed by atoms with Crippen LogP contribution in [0.25, 0.3) is 0 Å². The third-order valence-electron chi connectivity index (χ3n) is 5.96. The number of carbonyl (C=O) groups excluding carboxylic acids is 2. The summed E-state index contributed by atoms with van der Waals surface area (Å²) in [6.07, 6.45) is 14.5. The number of rotatable bonds is 16. The van der Waals surface area contributed by atoms with E-state index in [4.69, 9.17) is 9.47 Å². The molecule has 0 amide bonds. The van der Waals surface area contributed by atoms with Crippen LogP contribution in [0.15, 0.2) is 22.7 Å². The number of esters is 2. The molecule has 0 fully saturated rings. The number of carbonyl (C=O) groups is 2. The fraction of sp³-hybridized carbons (Fsp3) is 0.760. The van der Waals surface area contributed by atoms with Gasteiger partial charge in [0.05, 0.1) is 19.6 Å². The van der Waals surface area contributed by atoms with Gasteiger partial charge in [-0.15, -0.1) is 4.44 Å². The van der Waals surface area contributed by atoms with Crippen LogP contribution in [0, 0.1) is 11.8 Å². The summed E-state index contributed by atoms with van der Waals surface area (Å²) in [5.74, 6) is -1.61. The number of allylic oxidation sites excluding steroid dienone is 4. The van der Waals surface area contributed by atoms with Crippen LogP contribution in [0.3, 0.4) is 0 Å². The van der Waals surface area contributed by atoms with Gasteiger partial charge in [-0.25, -0.2) is 0 Å². The van der Waals surface area contributed by atoms with Crippen LogP contribution in [-0.4, -0.2) is 89.2 Å². The number of hydrogen-bond acceptors (Lipinski definition) is 6. The van der Waals surface area contributed by atoms with Gasteiger partial charge in [0, 0.05) is 0 Å². The van der Waals surface area contributed by atoms with E-state index in [2.05, 4.69) is 32.1 Å². The van der Waals surface area contributed by atoms with Gasteiger partial charge in [0.2, 0.25) is 0 Å². The van der Waals surface area contributed by atoms with E-state index in [1.165, 1.54) is 22.7 Å². The summed E-state index contributed by atoms with van der Waals surface area (Å²) in [6.45, 7) is 8.35. The number of unbranched alkanes of at least 4 members (excludes halogenated alkanes) is 2. The molecule has 3 atom stereocenters. The minimum atomic E-state index is -4.76. The van der Waals surface area contributed by atoms with Gasteiger partial charge < -0.3 is 9.47 Å². The Hall–Kier alpha value is -0.138. The molecule has 0 heterocycles. The van der Waals surface area contributed by atoms with Crippen molar-refractivity contribution in [2.75, 3.05) is 13.2 Å². The molecule has 198 valence electrons. The number of ether oxygens (including phenoxy) is 2. The average Bonchev–Trinajstić information content (AvgIpc) is 3.28. The molecule has 0 aromatic heterocycles. The molecule has 1 N–H and O–H groups in total. The van der Waals surface area contributed by atoms with E-state index in [0.29, 0.717) is 0 Å². The molecule has 1 aliphatic carbocycles. The van der Waals surface area contributed by atoms with Gasteiger partial charge in [-0.1, -0.05) is 84.4 Å².